The smallest absolute Gasteiger partial charge is 0.0954 e. The van der Waals surface area contributed by atoms with E-state index in [1.165, 1.54) is 44.1 Å². The molecule has 0 aliphatic rings. The molecule has 1 unspecified atom stereocenters. The van der Waals surface area contributed by atoms with Crippen molar-refractivity contribution in [2.45, 2.75) is 70.3 Å². The molecule has 3 nitrogen and oxygen atoms in total. The summed E-state index contributed by atoms with van der Waals surface area (Å²) in [5.41, 5.74) is 0.777. The first kappa shape index (κ1) is 21.1. The molecular formula is C21H36O3. The van der Waals surface area contributed by atoms with Crippen molar-refractivity contribution in [2.24, 2.45) is 0 Å². The zero-order chi connectivity index (χ0) is 17.5. The normalized spacial score (nSPS) is 13.8. The van der Waals surface area contributed by atoms with Crippen LogP contribution in [0.15, 0.2) is 30.3 Å². The van der Waals surface area contributed by atoms with Crippen molar-refractivity contribution in [3.63, 3.8) is 0 Å². The van der Waals surface area contributed by atoms with Gasteiger partial charge in [-0.2, -0.15) is 0 Å². The van der Waals surface area contributed by atoms with Crippen LogP contribution < -0.4 is 0 Å². The molecule has 24 heavy (non-hydrogen) atoms. The van der Waals surface area contributed by atoms with Gasteiger partial charge >= 0.3 is 0 Å². The highest BCUT2D eigenvalue weighted by Gasteiger charge is 2.32. The monoisotopic (exact) mass is 336 g/mol. The van der Waals surface area contributed by atoms with E-state index >= 15 is 0 Å². The van der Waals surface area contributed by atoms with E-state index in [0.717, 1.165) is 12.8 Å². The fourth-order valence-corrected chi connectivity index (χ4v) is 3.25. The van der Waals surface area contributed by atoms with E-state index in [0.29, 0.717) is 19.6 Å². The third-order valence-electron chi connectivity index (χ3n) is 4.67. The van der Waals surface area contributed by atoms with E-state index in [1.807, 2.05) is 18.2 Å². The Morgan fingerprint density at radius 1 is 0.875 bits per heavy atom. The lowest BCUT2D eigenvalue weighted by Gasteiger charge is -2.34. The van der Waals surface area contributed by atoms with Crippen LogP contribution in [-0.4, -0.2) is 32.0 Å². The fourth-order valence-electron chi connectivity index (χ4n) is 3.25. The van der Waals surface area contributed by atoms with Gasteiger partial charge in [-0.1, -0.05) is 82.2 Å². The molecular weight excluding hydrogens is 300 g/mol. The Labute approximate surface area is 148 Å². The Kier molecular flexibility index (Phi) is 11.8. The summed E-state index contributed by atoms with van der Waals surface area (Å²) in [6.45, 7) is 3.53. The number of aliphatic hydroxyl groups is 1. The molecule has 0 bridgehead atoms. The second-order valence-electron chi connectivity index (χ2n) is 6.55. The van der Waals surface area contributed by atoms with Crippen LogP contribution in [-0.2, 0) is 15.1 Å². The molecule has 0 heterocycles. The van der Waals surface area contributed by atoms with Gasteiger partial charge in [0.25, 0.3) is 0 Å². The molecule has 0 aromatic heterocycles. The molecule has 1 N–H and O–H groups in total. The first-order valence-electron chi connectivity index (χ1n) is 9.58. The molecule has 3 heteroatoms. The SMILES string of the molecule is CCCCCCCCCC(CCO)(OCCOC)c1ccccc1. The maximum absolute atomic E-state index is 9.61. The first-order chi connectivity index (χ1) is 11.8. The fraction of sp³-hybridized carbons (Fsp3) is 0.714. The topological polar surface area (TPSA) is 38.7 Å². The number of aliphatic hydroxyl groups excluding tert-OH is 1. The predicted molar refractivity (Wildman–Crippen MR) is 100 cm³/mol. The maximum atomic E-state index is 9.61. The summed E-state index contributed by atoms with van der Waals surface area (Å²) in [4.78, 5) is 0. The number of hydrogen-bond acceptors (Lipinski definition) is 3. The third kappa shape index (κ3) is 7.78. The van der Waals surface area contributed by atoms with Gasteiger partial charge in [0.05, 0.1) is 18.8 Å². The average molecular weight is 337 g/mol. The number of unbranched alkanes of at least 4 members (excludes halogenated alkanes) is 6. The van der Waals surface area contributed by atoms with E-state index in [-0.39, 0.29) is 6.61 Å². The molecule has 0 saturated heterocycles. The van der Waals surface area contributed by atoms with Crippen LogP contribution in [0.5, 0.6) is 0 Å². The van der Waals surface area contributed by atoms with Crippen LogP contribution in [0.3, 0.4) is 0 Å². The largest absolute Gasteiger partial charge is 0.396 e. The second kappa shape index (κ2) is 13.4. The molecule has 1 aromatic carbocycles. The molecule has 1 atom stereocenters. The van der Waals surface area contributed by atoms with Crippen molar-refractivity contribution in [3.05, 3.63) is 35.9 Å². The lowest BCUT2D eigenvalue weighted by Crippen LogP contribution is -2.32. The van der Waals surface area contributed by atoms with Gasteiger partial charge in [-0.15, -0.1) is 0 Å². The summed E-state index contributed by atoms with van der Waals surface area (Å²) in [5, 5.41) is 9.61. The third-order valence-corrected chi connectivity index (χ3v) is 4.67. The summed E-state index contributed by atoms with van der Waals surface area (Å²) in [6.07, 6.45) is 10.6. The van der Waals surface area contributed by atoms with Crippen LogP contribution >= 0.6 is 0 Å². The second-order valence-corrected chi connectivity index (χ2v) is 6.55. The Bertz CT molecular complexity index is 393. The number of rotatable bonds is 15. The molecule has 0 aliphatic heterocycles. The van der Waals surface area contributed by atoms with Crippen molar-refractivity contribution >= 4 is 0 Å². The van der Waals surface area contributed by atoms with Gasteiger partial charge in [-0.05, 0) is 12.0 Å². The predicted octanol–water partition coefficient (Wildman–Crippen LogP) is 5.07. The highest BCUT2D eigenvalue weighted by Crippen LogP contribution is 2.35. The molecule has 0 radical (unpaired) electrons. The van der Waals surface area contributed by atoms with Crippen molar-refractivity contribution < 1.29 is 14.6 Å². The quantitative estimate of drug-likeness (QED) is 0.455. The van der Waals surface area contributed by atoms with Gasteiger partial charge in [-0.25, -0.2) is 0 Å². The number of methoxy groups -OCH3 is 1. The van der Waals surface area contributed by atoms with E-state index in [1.54, 1.807) is 7.11 Å². The average Bonchev–Trinajstić information content (AvgIpc) is 2.62. The van der Waals surface area contributed by atoms with Crippen LogP contribution in [0.1, 0.15) is 70.3 Å². The molecule has 0 amide bonds. The molecule has 0 aliphatic carbocycles. The van der Waals surface area contributed by atoms with Gasteiger partial charge in [0.2, 0.25) is 0 Å². The van der Waals surface area contributed by atoms with Crippen LogP contribution in [0.2, 0.25) is 0 Å². The van der Waals surface area contributed by atoms with Crippen molar-refractivity contribution in [1.82, 2.24) is 0 Å². The van der Waals surface area contributed by atoms with Gasteiger partial charge < -0.3 is 14.6 Å². The molecule has 1 rings (SSSR count). The van der Waals surface area contributed by atoms with Gasteiger partial charge in [-0.3, -0.25) is 0 Å². The Morgan fingerprint density at radius 2 is 1.54 bits per heavy atom. The number of ether oxygens (including phenoxy) is 2. The van der Waals surface area contributed by atoms with Crippen molar-refractivity contribution in [3.8, 4) is 0 Å². The summed E-state index contributed by atoms with van der Waals surface area (Å²) in [6, 6.07) is 10.3. The lowest BCUT2D eigenvalue weighted by molar-refractivity contribution is -0.0868. The van der Waals surface area contributed by atoms with E-state index < -0.39 is 5.60 Å². The summed E-state index contributed by atoms with van der Waals surface area (Å²) in [7, 11) is 1.69. The first-order valence-corrected chi connectivity index (χ1v) is 9.58. The summed E-state index contributed by atoms with van der Waals surface area (Å²) in [5.74, 6) is 0. The van der Waals surface area contributed by atoms with Crippen LogP contribution in [0, 0.1) is 0 Å². The van der Waals surface area contributed by atoms with Crippen molar-refractivity contribution in [1.29, 1.82) is 0 Å². The van der Waals surface area contributed by atoms with Crippen molar-refractivity contribution in [2.75, 3.05) is 26.9 Å². The molecule has 0 fully saturated rings. The minimum Gasteiger partial charge on any atom is -0.396 e. The zero-order valence-electron chi connectivity index (χ0n) is 15.6. The Balaban J connectivity index is 2.61. The zero-order valence-corrected chi connectivity index (χ0v) is 15.6. The Morgan fingerprint density at radius 3 is 2.17 bits per heavy atom. The maximum Gasteiger partial charge on any atom is 0.0954 e. The standard InChI is InChI=1S/C21H36O3/c1-3-4-5-6-7-8-12-15-21(16-17-22,24-19-18-23-2)20-13-10-9-11-14-20/h9-11,13-14,22H,3-8,12,15-19H2,1-2H3. The van der Waals surface area contributed by atoms with Crippen LogP contribution in [0.25, 0.3) is 0 Å². The van der Waals surface area contributed by atoms with Gasteiger partial charge in [0.15, 0.2) is 0 Å². The molecule has 1 aromatic rings. The highest BCUT2D eigenvalue weighted by atomic mass is 16.5. The number of benzene rings is 1. The highest BCUT2D eigenvalue weighted by molar-refractivity contribution is 5.22. The minimum absolute atomic E-state index is 0.137. The van der Waals surface area contributed by atoms with Gasteiger partial charge in [0, 0.05) is 20.1 Å². The van der Waals surface area contributed by atoms with E-state index in [4.69, 9.17) is 9.47 Å². The summed E-state index contributed by atoms with van der Waals surface area (Å²) < 4.78 is 11.4. The Hall–Kier alpha value is -0.900. The van der Waals surface area contributed by atoms with E-state index in [9.17, 15) is 5.11 Å². The summed E-state index contributed by atoms with van der Waals surface area (Å²) >= 11 is 0. The van der Waals surface area contributed by atoms with Gasteiger partial charge in [0.1, 0.15) is 0 Å². The minimum atomic E-state index is -0.391. The molecule has 138 valence electrons. The van der Waals surface area contributed by atoms with E-state index in [2.05, 4.69) is 19.1 Å². The number of hydrogen-bond donors (Lipinski definition) is 1. The molecule has 0 saturated carbocycles. The van der Waals surface area contributed by atoms with Crippen LogP contribution in [0.4, 0.5) is 0 Å². The molecule has 0 spiro atoms. The lowest BCUT2D eigenvalue weighted by atomic mass is 9.85.